The molecule has 116 valence electrons. The molecule has 0 aliphatic heterocycles. The topological polar surface area (TPSA) is 85.1 Å². The van der Waals surface area contributed by atoms with Gasteiger partial charge < -0.3 is 5.73 Å². The smallest absolute Gasteiger partial charge is 0.261 e. The second-order valence-corrected chi connectivity index (χ2v) is 7.29. The minimum Gasteiger partial charge on any atom is -0.392 e. The normalized spacial score (nSPS) is 18.9. The van der Waals surface area contributed by atoms with Crippen LogP contribution in [0.25, 0.3) is 0 Å². The van der Waals surface area contributed by atoms with Crippen molar-refractivity contribution >= 4 is 27.2 Å². The monoisotopic (exact) mass is 331 g/mol. The molecule has 0 saturated heterocycles. The SMILES string of the molecule is NC(=S)C1(NS(=O)(=O)c2ncccc2F)CCCCCC1. The fourth-order valence-electron chi connectivity index (χ4n) is 2.61. The Morgan fingerprint density at radius 3 is 2.48 bits per heavy atom. The highest BCUT2D eigenvalue weighted by Crippen LogP contribution is 2.29. The molecule has 1 aliphatic carbocycles. The van der Waals surface area contributed by atoms with Crippen molar-refractivity contribution in [3.63, 3.8) is 0 Å². The van der Waals surface area contributed by atoms with Crippen LogP contribution in [0.1, 0.15) is 38.5 Å². The Balaban J connectivity index is 2.36. The van der Waals surface area contributed by atoms with Crippen molar-refractivity contribution in [2.45, 2.75) is 49.1 Å². The molecule has 0 bridgehead atoms. The highest BCUT2D eigenvalue weighted by molar-refractivity contribution is 7.89. The largest absolute Gasteiger partial charge is 0.392 e. The molecule has 8 heteroatoms. The van der Waals surface area contributed by atoms with Crippen molar-refractivity contribution in [3.8, 4) is 0 Å². The Labute approximate surface area is 129 Å². The zero-order valence-electron chi connectivity index (χ0n) is 11.5. The second kappa shape index (κ2) is 6.33. The minimum absolute atomic E-state index is 0.101. The van der Waals surface area contributed by atoms with E-state index < -0.39 is 26.4 Å². The predicted octanol–water partition coefficient (Wildman–Crippen LogP) is 1.88. The van der Waals surface area contributed by atoms with Crippen LogP contribution in [-0.2, 0) is 10.0 Å². The summed E-state index contributed by atoms with van der Waals surface area (Å²) in [7, 11) is -4.11. The summed E-state index contributed by atoms with van der Waals surface area (Å²) in [6.07, 6.45) is 5.94. The molecule has 1 aromatic heterocycles. The molecule has 5 nitrogen and oxygen atoms in total. The Hall–Kier alpha value is -1.12. The van der Waals surface area contributed by atoms with Gasteiger partial charge in [-0.05, 0) is 25.0 Å². The zero-order valence-corrected chi connectivity index (χ0v) is 13.1. The fraction of sp³-hybridized carbons (Fsp3) is 0.538. The van der Waals surface area contributed by atoms with Crippen molar-refractivity contribution in [3.05, 3.63) is 24.1 Å². The molecule has 2 rings (SSSR count). The van der Waals surface area contributed by atoms with Crippen LogP contribution >= 0.6 is 12.2 Å². The summed E-state index contributed by atoms with van der Waals surface area (Å²) in [4.78, 5) is 3.72. The number of thiocarbonyl (C=S) groups is 1. The first-order chi connectivity index (χ1) is 9.87. The van der Waals surface area contributed by atoms with Crippen molar-refractivity contribution in [1.29, 1.82) is 0 Å². The van der Waals surface area contributed by atoms with Gasteiger partial charge in [-0.25, -0.2) is 17.8 Å². The Kier molecular flexibility index (Phi) is 4.90. The maximum atomic E-state index is 13.7. The average Bonchev–Trinajstić information content (AvgIpc) is 2.65. The van der Waals surface area contributed by atoms with E-state index in [2.05, 4.69) is 9.71 Å². The number of hydrogen-bond donors (Lipinski definition) is 2. The van der Waals surface area contributed by atoms with Gasteiger partial charge in [0, 0.05) is 6.20 Å². The Bertz CT molecular complexity index is 626. The molecule has 1 aromatic rings. The summed E-state index contributed by atoms with van der Waals surface area (Å²) in [5.74, 6) is -0.892. The number of sulfonamides is 1. The lowest BCUT2D eigenvalue weighted by molar-refractivity contribution is 0.437. The Morgan fingerprint density at radius 1 is 1.33 bits per heavy atom. The molecule has 1 fully saturated rings. The first-order valence-corrected chi connectivity index (χ1v) is 8.71. The summed E-state index contributed by atoms with van der Waals surface area (Å²) in [6, 6.07) is 2.39. The lowest BCUT2D eigenvalue weighted by Gasteiger charge is -2.32. The standard InChI is InChI=1S/C13H18FN3O2S2/c14-10-6-5-9-16-11(10)21(18,19)17-13(12(15)20)7-3-1-2-4-8-13/h5-6,9,17H,1-4,7-8H2,(H2,15,20). The quantitative estimate of drug-likeness (QED) is 0.650. The zero-order chi connectivity index (χ0) is 15.5. The van der Waals surface area contributed by atoms with Crippen molar-refractivity contribution in [2.75, 3.05) is 0 Å². The van der Waals surface area contributed by atoms with Gasteiger partial charge in [-0.3, -0.25) is 0 Å². The van der Waals surface area contributed by atoms with Crippen LogP contribution in [0.2, 0.25) is 0 Å². The van der Waals surface area contributed by atoms with E-state index in [0.717, 1.165) is 31.7 Å². The molecule has 1 aliphatic rings. The highest BCUT2D eigenvalue weighted by Gasteiger charge is 2.39. The molecule has 3 N–H and O–H groups in total. The van der Waals surface area contributed by atoms with Gasteiger partial charge >= 0.3 is 0 Å². The number of halogens is 1. The summed E-state index contributed by atoms with van der Waals surface area (Å²) in [5, 5.41) is -0.620. The molecule has 0 radical (unpaired) electrons. The summed E-state index contributed by atoms with van der Waals surface area (Å²) >= 11 is 5.08. The van der Waals surface area contributed by atoms with Crippen LogP contribution in [0, 0.1) is 5.82 Å². The minimum atomic E-state index is -4.11. The molecular weight excluding hydrogens is 313 g/mol. The molecule has 1 heterocycles. The van der Waals surface area contributed by atoms with E-state index in [-0.39, 0.29) is 4.99 Å². The molecule has 0 spiro atoms. The molecule has 0 unspecified atom stereocenters. The molecule has 1 saturated carbocycles. The second-order valence-electron chi connectivity index (χ2n) is 5.26. The van der Waals surface area contributed by atoms with E-state index in [0.29, 0.717) is 12.8 Å². The third-order valence-corrected chi connectivity index (χ3v) is 5.60. The van der Waals surface area contributed by atoms with Crippen LogP contribution in [0.15, 0.2) is 23.4 Å². The molecule has 0 atom stereocenters. The number of aromatic nitrogens is 1. The highest BCUT2D eigenvalue weighted by atomic mass is 32.2. The third kappa shape index (κ3) is 3.56. The van der Waals surface area contributed by atoms with E-state index >= 15 is 0 Å². The van der Waals surface area contributed by atoms with Crippen LogP contribution in [0.4, 0.5) is 4.39 Å². The third-order valence-electron chi connectivity index (χ3n) is 3.74. The summed E-state index contributed by atoms with van der Waals surface area (Å²) < 4.78 is 41.0. The Morgan fingerprint density at radius 2 is 1.95 bits per heavy atom. The van der Waals surface area contributed by atoms with Crippen LogP contribution in [0.5, 0.6) is 0 Å². The van der Waals surface area contributed by atoms with Crippen molar-refractivity contribution in [1.82, 2.24) is 9.71 Å². The van der Waals surface area contributed by atoms with Gasteiger partial charge in [0.1, 0.15) is 0 Å². The van der Waals surface area contributed by atoms with Crippen molar-refractivity contribution < 1.29 is 12.8 Å². The summed E-state index contributed by atoms with van der Waals surface area (Å²) in [6.45, 7) is 0. The molecule has 21 heavy (non-hydrogen) atoms. The van der Waals surface area contributed by atoms with E-state index in [1.165, 1.54) is 12.3 Å². The average molecular weight is 331 g/mol. The number of nitrogens with two attached hydrogens (primary N) is 1. The van der Waals surface area contributed by atoms with Gasteiger partial charge in [0.25, 0.3) is 10.0 Å². The maximum Gasteiger partial charge on any atom is 0.261 e. The number of nitrogens with one attached hydrogen (secondary N) is 1. The number of pyridine rings is 1. The first-order valence-electron chi connectivity index (χ1n) is 6.82. The summed E-state index contributed by atoms with van der Waals surface area (Å²) in [5.41, 5.74) is 4.79. The van der Waals surface area contributed by atoms with Gasteiger partial charge in [-0.1, -0.05) is 37.9 Å². The predicted molar refractivity (Wildman–Crippen MR) is 81.7 cm³/mol. The van der Waals surface area contributed by atoms with Crippen LogP contribution in [0.3, 0.4) is 0 Å². The van der Waals surface area contributed by atoms with Crippen LogP contribution in [-0.4, -0.2) is 23.9 Å². The van der Waals surface area contributed by atoms with Crippen LogP contribution < -0.4 is 10.5 Å². The van der Waals surface area contributed by atoms with Gasteiger partial charge in [0.2, 0.25) is 5.03 Å². The number of rotatable bonds is 4. The lowest BCUT2D eigenvalue weighted by Crippen LogP contribution is -2.56. The molecule has 0 aromatic carbocycles. The first kappa shape index (κ1) is 16.3. The maximum absolute atomic E-state index is 13.7. The van der Waals surface area contributed by atoms with Gasteiger partial charge in [0.05, 0.1) is 10.5 Å². The number of nitrogens with zero attached hydrogens (tertiary/aromatic N) is 1. The van der Waals surface area contributed by atoms with E-state index in [9.17, 15) is 12.8 Å². The van der Waals surface area contributed by atoms with E-state index in [1.807, 2.05) is 0 Å². The number of hydrogen-bond acceptors (Lipinski definition) is 4. The van der Waals surface area contributed by atoms with Gasteiger partial charge in [-0.15, -0.1) is 0 Å². The lowest BCUT2D eigenvalue weighted by atomic mass is 9.91. The fourth-order valence-corrected chi connectivity index (χ4v) is 4.37. The molecule has 0 amide bonds. The van der Waals surface area contributed by atoms with E-state index in [1.54, 1.807) is 0 Å². The van der Waals surface area contributed by atoms with Gasteiger partial charge in [0.15, 0.2) is 5.82 Å². The van der Waals surface area contributed by atoms with Gasteiger partial charge in [-0.2, -0.15) is 4.72 Å². The van der Waals surface area contributed by atoms with E-state index in [4.69, 9.17) is 18.0 Å². The molecular formula is C13H18FN3O2S2. The van der Waals surface area contributed by atoms with Crippen molar-refractivity contribution in [2.24, 2.45) is 5.73 Å².